The van der Waals surface area contributed by atoms with E-state index < -0.39 is 12.1 Å². The van der Waals surface area contributed by atoms with Crippen molar-refractivity contribution in [3.05, 3.63) is 12.4 Å². The predicted octanol–water partition coefficient (Wildman–Crippen LogP) is 1.48. The number of aliphatic imine (C=N–C) groups is 1. The van der Waals surface area contributed by atoms with Crippen molar-refractivity contribution in [3.63, 3.8) is 0 Å². The monoisotopic (exact) mass is 353 g/mol. The van der Waals surface area contributed by atoms with Crippen LogP contribution in [0.25, 0.3) is 5.57 Å². The molecule has 138 valence electrons. The van der Waals surface area contributed by atoms with Crippen LogP contribution in [0.15, 0.2) is 11.6 Å². The molecule has 1 fully saturated rings. The van der Waals surface area contributed by atoms with Crippen LogP contribution in [0.3, 0.4) is 0 Å². The third-order valence-corrected chi connectivity index (χ3v) is 3.94. The fourth-order valence-electron chi connectivity index (χ4n) is 2.58. The summed E-state index contributed by atoms with van der Waals surface area (Å²) < 4.78 is 26.4. The quantitative estimate of drug-likeness (QED) is 0.749. The Hall–Kier alpha value is -2.16. The number of allylic oxidation sites excluding steroid dienone is 1. The standard InChI is InChI=1S/C16H25F2N7/c1-5-8-24(4)15-21-14(11(2)12(19-3)13(17)18)22-16(23-15)25-9-6-20-7-10-25/h13,20H,2,5-10H2,1,3-4H3/b19-12+. The lowest BCUT2D eigenvalue weighted by Crippen LogP contribution is -2.44. The molecular formula is C16H25F2N7. The first-order valence-corrected chi connectivity index (χ1v) is 8.35. The van der Waals surface area contributed by atoms with Crippen molar-refractivity contribution in [2.24, 2.45) is 4.99 Å². The number of nitrogens with one attached hydrogen (secondary N) is 1. The maximum atomic E-state index is 13.2. The van der Waals surface area contributed by atoms with Gasteiger partial charge in [-0.15, -0.1) is 0 Å². The molecule has 9 heteroatoms. The Morgan fingerprint density at radius 3 is 2.56 bits per heavy atom. The van der Waals surface area contributed by atoms with E-state index in [9.17, 15) is 8.78 Å². The highest BCUT2D eigenvalue weighted by molar-refractivity contribution is 6.23. The summed E-state index contributed by atoms with van der Waals surface area (Å²) in [6.45, 7) is 9.67. The molecule has 0 aliphatic carbocycles. The van der Waals surface area contributed by atoms with Crippen LogP contribution in [-0.4, -0.2) is 73.9 Å². The molecule has 1 aromatic rings. The van der Waals surface area contributed by atoms with E-state index in [1.807, 2.05) is 23.8 Å². The number of anilines is 2. The number of halogens is 2. The minimum Gasteiger partial charge on any atom is -0.344 e. The van der Waals surface area contributed by atoms with E-state index >= 15 is 0 Å². The van der Waals surface area contributed by atoms with E-state index in [2.05, 4.69) is 31.8 Å². The highest BCUT2D eigenvalue weighted by atomic mass is 19.3. The fraction of sp³-hybridized carbons (Fsp3) is 0.625. The van der Waals surface area contributed by atoms with Gasteiger partial charge < -0.3 is 15.1 Å². The summed E-state index contributed by atoms with van der Waals surface area (Å²) in [5.41, 5.74) is -0.371. The van der Waals surface area contributed by atoms with Crippen molar-refractivity contribution in [3.8, 4) is 0 Å². The molecule has 7 nitrogen and oxygen atoms in total. The smallest absolute Gasteiger partial charge is 0.280 e. The topological polar surface area (TPSA) is 69.5 Å². The average Bonchev–Trinajstić information content (AvgIpc) is 2.62. The van der Waals surface area contributed by atoms with Crippen molar-refractivity contribution >= 4 is 23.2 Å². The first-order chi connectivity index (χ1) is 12.0. The van der Waals surface area contributed by atoms with E-state index in [1.54, 1.807) is 0 Å². The normalized spacial score (nSPS) is 15.6. The zero-order valence-electron chi connectivity index (χ0n) is 15.0. The van der Waals surface area contributed by atoms with E-state index in [4.69, 9.17) is 0 Å². The number of hydrogen-bond donors (Lipinski definition) is 1. The van der Waals surface area contributed by atoms with Crippen LogP contribution in [0.2, 0.25) is 0 Å². The van der Waals surface area contributed by atoms with Gasteiger partial charge in [0, 0.05) is 52.4 Å². The molecule has 1 aromatic heterocycles. The molecule has 1 aliphatic heterocycles. The van der Waals surface area contributed by atoms with Crippen molar-refractivity contribution < 1.29 is 8.78 Å². The predicted molar refractivity (Wildman–Crippen MR) is 96.9 cm³/mol. The maximum absolute atomic E-state index is 13.2. The molecule has 2 rings (SSSR count). The van der Waals surface area contributed by atoms with Gasteiger partial charge >= 0.3 is 0 Å². The molecule has 0 atom stereocenters. The summed E-state index contributed by atoms with van der Waals surface area (Å²) in [5.74, 6) is 1.07. The first-order valence-electron chi connectivity index (χ1n) is 8.35. The molecule has 2 heterocycles. The zero-order chi connectivity index (χ0) is 18.4. The summed E-state index contributed by atoms with van der Waals surface area (Å²) in [5, 5.41) is 3.26. The maximum Gasteiger partial charge on any atom is 0.280 e. The van der Waals surface area contributed by atoms with Crippen LogP contribution < -0.4 is 15.1 Å². The van der Waals surface area contributed by atoms with Gasteiger partial charge in [-0.3, -0.25) is 4.99 Å². The van der Waals surface area contributed by atoms with Crippen molar-refractivity contribution in [1.29, 1.82) is 0 Å². The summed E-state index contributed by atoms with van der Waals surface area (Å²) in [6.07, 6.45) is -1.81. The fourth-order valence-corrected chi connectivity index (χ4v) is 2.58. The van der Waals surface area contributed by atoms with Gasteiger partial charge in [0.2, 0.25) is 11.9 Å². The number of nitrogens with zero attached hydrogens (tertiary/aromatic N) is 6. The summed E-state index contributed by atoms with van der Waals surface area (Å²) in [6, 6.07) is 0. The van der Waals surface area contributed by atoms with Crippen LogP contribution in [0.5, 0.6) is 0 Å². The zero-order valence-corrected chi connectivity index (χ0v) is 15.0. The summed E-state index contributed by atoms with van der Waals surface area (Å²) in [7, 11) is 3.18. The van der Waals surface area contributed by atoms with Gasteiger partial charge in [-0.25, -0.2) is 8.78 Å². The largest absolute Gasteiger partial charge is 0.344 e. The summed E-state index contributed by atoms with van der Waals surface area (Å²) >= 11 is 0. The average molecular weight is 353 g/mol. The summed E-state index contributed by atoms with van der Waals surface area (Å²) in [4.78, 5) is 20.8. The van der Waals surface area contributed by atoms with Gasteiger partial charge in [-0.05, 0) is 6.42 Å². The van der Waals surface area contributed by atoms with E-state index in [-0.39, 0.29) is 11.4 Å². The third kappa shape index (κ3) is 4.68. The molecule has 0 aromatic carbocycles. The number of alkyl halides is 2. The Bertz CT molecular complexity index is 627. The lowest BCUT2D eigenvalue weighted by Gasteiger charge is -2.28. The Morgan fingerprint density at radius 1 is 1.32 bits per heavy atom. The Kier molecular flexibility index (Phi) is 6.74. The lowest BCUT2D eigenvalue weighted by atomic mass is 10.1. The molecule has 0 bridgehead atoms. The van der Waals surface area contributed by atoms with Gasteiger partial charge in [0.05, 0.1) is 0 Å². The second-order valence-electron chi connectivity index (χ2n) is 5.81. The second kappa shape index (κ2) is 8.80. The number of hydrogen-bond acceptors (Lipinski definition) is 7. The molecule has 1 aliphatic rings. The minimum absolute atomic E-state index is 0.0300. The number of aromatic nitrogens is 3. The van der Waals surface area contributed by atoms with Crippen LogP contribution in [0.4, 0.5) is 20.7 Å². The van der Waals surface area contributed by atoms with Crippen molar-refractivity contribution in [1.82, 2.24) is 20.3 Å². The SMILES string of the molecule is C=C(/C(=N\C)C(F)F)c1nc(N(C)CCC)nc(N2CCNCC2)n1. The van der Waals surface area contributed by atoms with Crippen LogP contribution in [-0.2, 0) is 0 Å². The third-order valence-electron chi connectivity index (χ3n) is 3.94. The van der Waals surface area contributed by atoms with E-state index in [0.29, 0.717) is 11.9 Å². The Labute approximate surface area is 146 Å². The van der Waals surface area contributed by atoms with Gasteiger partial charge in [-0.2, -0.15) is 15.0 Å². The van der Waals surface area contributed by atoms with E-state index in [0.717, 1.165) is 39.1 Å². The van der Waals surface area contributed by atoms with Gasteiger partial charge in [0.15, 0.2) is 5.82 Å². The van der Waals surface area contributed by atoms with Crippen molar-refractivity contribution in [2.45, 2.75) is 19.8 Å². The highest BCUT2D eigenvalue weighted by Crippen LogP contribution is 2.21. The van der Waals surface area contributed by atoms with Crippen molar-refractivity contribution in [2.75, 3.05) is 56.6 Å². The van der Waals surface area contributed by atoms with Crippen LogP contribution >= 0.6 is 0 Å². The Morgan fingerprint density at radius 2 is 2.00 bits per heavy atom. The van der Waals surface area contributed by atoms with Gasteiger partial charge in [0.25, 0.3) is 6.43 Å². The molecule has 25 heavy (non-hydrogen) atoms. The number of piperazine rings is 1. The van der Waals surface area contributed by atoms with Gasteiger partial charge in [-0.1, -0.05) is 13.5 Å². The molecule has 1 saturated heterocycles. The minimum atomic E-state index is -2.73. The molecule has 1 N–H and O–H groups in total. The van der Waals surface area contributed by atoms with Crippen LogP contribution in [0.1, 0.15) is 19.2 Å². The van der Waals surface area contributed by atoms with E-state index in [1.165, 1.54) is 7.05 Å². The first kappa shape index (κ1) is 19.2. The van der Waals surface area contributed by atoms with Gasteiger partial charge in [0.1, 0.15) is 5.71 Å². The molecule has 0 spiro atoms. The second-order valence-corrected chi connectivity index (χ2v) is 5.81. The molecule has 0 radical (unpaired) electrons. The molecule has 0 saturated carbocycles. The molecule has 0 unspecified atom stereocenters. The highest BCUT2D eigenvalue weighted by Gasteiger charge is 2.23. The molecule has 0 amide bonds. The number of rotatable bonds is 7. The molecular weight excluding hydrogens is 328 g/mol. The Balaban J connectivity index is 2.43. The lowest BCUT2D eigenvalue weighted by molar-refractivity contribution is 0.227. The van der Waals surface area contributed by atoms with Crippen LogP contribution in [0, 0.1) is 0 Å².